The number of aliphatic carboxylic acids is 1. The third-order valence-corrected chi connectivity index (χ3v) is 4.26. The topological polar surface area (TPSA) is 76.1 Å². The highest BCUT2D eigenvalue weighted by Gasteiger charge is 2.33. The molecule has 2 unspecified atom stereocenters. The van der Waals surface area contributed by atoms with Crippen LogP contribution >= 0.6 is 0 Å². The van der Waals surface area contributed by atoms with Crippen LogP contribution in [0.3, 0.4) is 0 Å². The summed E-state index contributed by atoms with van der Waals surface area (Å²) in [5.74, 6) is -0.569. The van der Waals surface area contributed by atoms with E-state index in [1.807, 2.05) is 6.92 Å². The summed E-state index contributed by atoms with van der Waals surface area (Å²) < 4.78 is 10.8. The molecule has 1 N–H and O–H groups in total. The number of hydrogen-bond donors (Lipinski definition) is 1. The third kappa shape index (κ3) is 3.88. The number of hydrogen-bond acceptors (Lipinski definition) is 4. The van der Waals surface area contributed by atoms with Gasteiger partial charge in [0.15, 0.2) is 11.5 Å². The van der Waals surface area contributed by atoms with Gasteiger partial charge in [-0.3, -0.25) is 9.59 Å². The highest BCUT2D eigenvalue weighted by Crippen LogP contribution is 2.30. The van der Waals surface area contributed by atoms with E-state index < -0.39 is 11.9 Å². The molecule has 130 valence electrons. The molecule has 2 rings (SSSR count). The van der Waals surface area contributed by atoms with Gasteiger partial charge >= 0.3 is 5.97 Å². The van der Waals surface area contributed by atoms with Crippen molar-refractivity contribution in [3.8, 4) is 11.5 Å². The van der Waals surface area contributed by atoms with Crippen LogP contribution in [-0.2, 0) is 4.79 Å². The summed E-state index contributed by atoms with van der Waals surface area (Å²) in [4.78, 5) is 25.6. The Hall–Kier alpha value is -2.50. The zero-order valence-electron chi connectivity index (χ0n) is 14.0. The Kier molecular flexibility index (Phi) is 5.84. The first kappa shape index (κ1) is 17.8. The van der Waals surface area contributed by atoms with E-state index in [0.717, 1.165) is 0 Å². The molecular formula is C18H23NO5. The summed E-state index contributed by atoms with van der Waals surface area (Å²) in [5, 5.41) is 9.21. The minimum absolute atomic E-state index is 0.00999. The van der Waals surface area contributed by atoms with Crippen LogP contribution in [-0.4, -0.2) is 48.2 Å². The van der Waals surface area contributed by atoms with Crippen molar-refractivity contribution in [2.24, 2.45) is 5.92 Å². The van der Waals surface area contributed by atoms with E-state index in [1.54, 1.807) is 29.2 Å². The van der Waals surface area contributed by atoms with Crippen LogP contribution < -0.4 is 9.47 Å². The van der Waals surface area contributed by atoms with Gasteiger partial charge in [0.05, 0.1) is 13.0 Å². The van der Waals surface area contributed by atoms with Gasteiger partial charge in [-0.05, 0) is 38.0 Å². The summed E-state index contributed by atoms with van der Waals surface area (Å²) in [6.07, 6.45) is 2.90. The van der Waals surface area contributed by atoms with E-state index in [9.17, 15) is 14.7 Å². The zero-order valence-corrected chi connectivity index (χ0v) is 14.0. The first-order chi connectivity index (χ1) is 11.5. The van der Waals surface area contributed by atoms with Crippen molar-refractivity contribution in [3.05, 3.63) is 36.4 Å². The number of rotatable bonds is 6. The van der Waals surface area contributed by atoms with Crippen LogP contribution in [0.4, 0.5) is 0 Å². The predicted octanol–water partition coefficient (Wildman–Crippen LogP) is 2.59. The summed E-state index contributed by atoms with van der Waals surface area (Å²) in [7, 11) is 1.51. The van der Waals surface area contributed by atoms with Crippen LogP contribution in [0.1, 0.15) is 30.1 Å². The summed E-state index contributed by atoms with van der Waals surface area (Å²) in [6, 6.07) is 4.98. The minimum atomic E-state index is -0.856. The molecule has 0 radical (unpaired) electrons. The number of amides is 1. The van der Waals surface area contributed by atoms with Gasteiger partial charge in [-0.2, -0.15) is 0 Å². The number of carboxylic acids is 1. The lowest BCUT2D eigenvalue weighted by Gasteiger charge is -2.36. The summed E-state index contributed by atoms with van der Waals surface area (Å²) in [5.41, 5.74) is 0.454. The fraction of sp³-hybridized carbons (Fsp3) is 0.444. The number of carboxylic acid groups (broad SMARTS) is 1. The van der Waals surface area contributed by atoms with E-state index in [0.29, 0.717) is 36.5 Å². The van der Waals surface area contributed by atoms with Gasteiger partial charge in [-0.25, -0.2) is 0 Å². The molecule has 0 aliphatic carbocycles. The fourth-order valence-corrected chi connectivity index (χ4v) is 2.83. The van der Waals surface area contributed by atoms with Crippen molar-refractivity contribution in [2.75, 3.05) is 20.3 Å². The lowest BCUT2D eigenvalue weighted by molar-refractivity contribution is -0.143. The summed E-state index contributed by atoms with van der Waals surface area (Å²) in [6.45, 7) is 6.10. The van der Waals surface area contributed by atoms with Crippen LogP contribution in [0.5, 0.6) is 11.5 Å². The Morgan fingerprint density at radius 2 is 2.12 bits per heavy atom. The van der Waals surface area contributed by atoms with Crippen molar-refractivity contribution >= 4 is 11.9 Å². The van der Waals surface area contributed by atoms with Gasteiger partial charge in [0, 0.05) is 18.2 Å². The molecule has 0 aromatic heterocycles. The van der Waals surface area contributed by atoms with E-state index >= 15 is 0 Å². The molecule has 1 fully saturated rings. The second-order valence-electron chi connectivity index (χ2n) is 5.88. The Balaban J connectivity index is 2.21. The monoisotopic (exact) mass is 333 g/mol. The number of methoxy groups -OCH3 is 1. The third-order valence-electron chi connectivity index (χ3n) is 4.26. The van der Waals surface area contributed by atoms with Crippen molar-refractivity contribution in [1.82, 2.24) is 4.90 Å². The number of benzene rings is 1. The SMILES string of the molecule is C=CCOc1ccc(C(=O)N2CC(C(=O)O)CCC2C)cc1OC. The van der Waals surface area contributed by atoms with Crippen molar-refractivity contribution in [1.29, 1.82) is 0 Å². The fourth-order valence-electron chi connectivity index (χ4n) is 2.83. The highest BCUT2D eigenvalue weighted by molar-refractivity contribution is 5.95. The van der Waals surface area contributed by atoms with Gasteiger partial charge in [0.1, 0.15) is 6.61 Å². The molecule has 2 atom stereocenters. The van der Waals surface area contributed by atoms with Gasteiger partial charge in [0.25, 0.3) is 5.91 Å². The van der Waals surface area contributed by atoms with Gasteiger partial charge in [-0.15, -0.1) is 0 Å². The van der Waals surface area contributed by atoms with Gasteiger partial charge in [-0.1, -0.05) is 12.7 Å². The van der Waals surface area contributed by atoms with Crippen molar-refractivity contribution in [3.63, 3.8) is 0 Å². The first-order valence-corrected chi connectivity index (χ1v) is 7.93. The second kappa shape index (κ2) is 7.86. The molecule has 0 saturated carbocycles. The number of ether oxygens (including phenoxy) is 2. The van der Waals surface area contributed by atoms with E-state index in [1.165, 1.54) is 7.11 Å². The maximum Gasteiger partial charge on any atom is 0.308 e. The standard InChI is InChI=1S/C18H23NO5/c1-4-9-24-15-8-7-13(10-16(15)23-3)17(20)19-11-14(18(21)22)6-5-12(19)2/h4,7-8,10,12,14H,1,5-6,9,11H2,2-3H3,(H,21,22). The molecule has 1 aliphatic rings. The molecule has 6 heteroatoms. The van der Waals surface area contributed by atoms with E-state index in [-0.39, 0.29) is 18.5 Å². The molecule has 1 heterocycles. The predicted molar refractivity (Wildman–Crippen MR) is 89.5 cm³/mol. The Morgan fingerprint density at radius 1 is 1.38 bits per heavy atom. The maximum absolute atomic E-state index is 12.8. The van der Waals surface area contributed by atoms with Crippen LogP contribution in [0.25, 0.3) is 0 Å². The Morgan fingerprint density at radius 3 is 2.75 bits per heavy atom. The van der Waals surface area contributed by atoms with Crippen molar-refractivity contribution < 1.29 is 24.2 Å². The largest absolute Gasteiger partial charge is 0.493 e. The molecule has 1 aliphatic heterocycles. The Bertz CT molecular complexity index is 628. The number of likely N-dealkylation sites (tertiary alicyclic amines) is 1. The highest BCUT2D eigenvalue weighted by atomic mass is 16.5. The quantitative estimate of drug-likeness (QED) is 0.810. The molecule has 1 aromatic carbocycles. The zero-order chi connectivity index (χ0) is 17.7. The van der Waals surface area contributed by atoms with Crippen LogP contribution in [0.15, 0.2) is 30.9 Å². The second-order valence-corrected chi connectivity index (χ2v) is 5.88. The lowest BCUT2D eigenvalue weighted by atomic mass is 9.93. The van der Waals surface area contributed by atoms with E-state index in [4.69, 9.17) is 9.47 Å². The average Bonchev–Trinajstić information content (AvgIpc) is 2.59. The number of nitrogens with zero attached hydrogens (tertiary/aromatic N) is 1. The number of carbonyl (C=O) groups excluding carboxylic acids is 1. The Labute approximate surface area is 141 Å². The molecule has 1 saturated heterocycles. The molecule has 24 heavy (non-hydrogen) atoms. The number of piperidine rings is 1. The smallest absolute Gasteiger partial charge is 0.308 e. The molecule has 1 amide bonds. The number of carbonyl (C=O) groups is 2. The normalized spacial score (nSPS) is 20.3. The van der Waals surface area contributed by atoms with Crippen LogP contribution in [0, 0.1) is 5.92 Å². The van der Waals surface area contributed by atoms with Crippen LogP contribution in [0.2, 0.25) is 0 Å². The van der Waals surface area contributed by atoms with E-state index in [2.05, 4.69) is 6.58 Å². The van der Waals surface area contributed by atoms with Gasteiger partial charge in [0.2, 0.25) is 0 Å². The molecule has 0 spiro atoms. The molecular weight excluding hydrogens is 310 g/mol. The average molecular weight is 333 g/mol. The minimum Gasteiger partial charge on any atom is -0.493 e. The molecule has 0 bridgehead atoms. The molecule has 6 nitrogen and oxygen atoms in total. The molecule has 1 aromatic rings. The lowest BCUT2D eigenvalue weighted by Crippen LogP contribution is -2.47. The van der Waals surface area contributed by atoms with Gasteiger partial charge < -0.3 is 19.5 Å². The van der Waals surface area contributed by atoms with Crippen molar-refractivity contribution in [2.45, 2.75) is 25.8 Å². The maximum atomic E-state index is 12.8. The first-order valence-electron chi connectivity index (χ1n) is 7.93. The summed E-state index contributed by atoms with van der Waals surface area (Å²) >= 11 is 0.